The topological polar surface area (TPSA) is 36.4 Å². The van der Waals surface area contributed by atoms with Gasteiger partial charge in [-0.1, -0.05) is 20.8 Å². The minimum absolute atomic E-state index is 0.0985. The molecule has 1 rings (SSSR count). The minimum Gasteiger partial charge on any atom is -0.391 e. The van der Waals surface area contributed by atoms with Crippen LogP contribution in [0.15, 0.2) is 5.38 Å². The number of nitrogens with zero attached hydrogens (tertiary/aromatic N) is 2. The van der Waals surface area contributed by atoms with E-state index in [-0.39, 0.29) is 11.5 Å². The SMILES string of the molecule is CN(C)CC(O)Cc1nc(C(C)(C)C)cs1. The van der Waals surface area contributed by atoms with Gasteiger partial charge in [-0.15, -0.1) is 11.3 Å². The van der Waals surface area contributed by atoms with Crippen LogP contribution in [-0.2, 0) is 11.8 Å². The maximum atomic E-state index is 9.81. The average molecular weight is 242 g/mol. The van der Waals surface area contributed by atoms with Crippen molar-refractivity contribution in [1.82, 2.24) is 9.88 Å². The maximum absolute atomic E-state index is 9.81. The maximum Gasteiger partial charge on any atom is 0.0954 e. The van der Waals surface area contributed by atoms with Crippen LogP contribution in [0.5, 0.6) is 0 Å². The van der Waals surface area contributed by atoms with Crippen LogP contribution in [0.4, 0.5) is 0 Å². The van der Waals surface area contributed by atoms with Crippen LogP contribution in [0.2, 0.25) is 0 Å². The van der Waals surface area contributed by atoms with E-state index in [1.807, 2.05) is 19.0 Å². The Labute approximate surface area is 102 Å². The molecule has 0 aliphatic heterocycles. The molecule has 92 valence electrons. The Bertz CT molecular complexity index is 328. The summed E-state index contributed by atoms with van der Waals surface area (Å²) in [5, 5.41) is 12.9. The fourth-order valence-electron chi connectivity index (χ4n) is 1.44. The third-order valence-corrected chi connectivity index (χ3v) is 3.18. The van der Waals surface area contributed by atoms with Gasteiger partial charge in [0.05, 0.1) is 16.8 Å². The minimum atomic E-state index is -0.325. The largest absolute Gasteiger partial charge is 0.391 e. The Morgan fingerprint density at radius 2 is 2.06 bits per heavy atom. The molecule has 0 spiro atoms. The second-order valence-electron chi connectivity index (χ2n) is 5.50. The van der Waals surface area contributed by atoms with Gasteiger partial charge in [-0.25, -0.2) is 4.98 Å². The molecule has 0 amide bonds. The highest BCUT2D eigenvalue weighted by Gasteiger charge is 2.18. The molecule has 1 heterocycles. The third-order valence-electron chi connectivity index (χ3n) is 2.31. The molecule has 0 aliphatic carbocycles. The molecular weight excluding hydrogens is 220 g/mol. The lowest BCUT2D eigenvalue weighted by atomic mass is 9.93. The lowest BCUT2D eigenvalue weighted by Gasteiger charge is -2.15. The van der Waals surface area contributed by atoms with Gasteiger partial charge in [-0.05, 0) is 14.1 Å². The van der Waals surface area contributed by atoms with Gasteiger partial charge in [0.15, 0.2) is 0 Å². The van der Waals surface area contributed by atoms with Crippen molar-refractivity contribution in [2.24, 2.45) is 0 Å². The zero-order chi connectivity index (χ0) is 12.3. The lowest BCUT2D eigenvalue weighted by Crippen LogP contribution is -2.27. The Hall–Kier alpha value is -0.450. The van der Waals surface area contributed by atoms with Gasteiger partial charge in [0.25, 0.3) is 0 Å². The van der Waals surface area contributed by atoms with E-state index >= 15 is 0 Å². The summed E-state index contributed by atoms with van der Waals surface area (Å²) >= 11 is 1.64. The first-order chi connectivity index (χ1) is 7.29. The standard InChI is InChI=1S/C12H22N2OS/c1-12(2,3)10-8-16-11(13-10)6-9(15)7-14(4)5/h8-9,15H,6-7H2,1-5H3. The van der Waals surface area contributed by atoms with Gasteiger partial charge in [0.2, 0.25) is 0 Å². The molecule has 0 radical (unpaired) electrons. The normalized spacial score (nSPS) is 14.4. The summed E-state index contributed by atoms with van der Waals surface area (Å²) in [6, 6.07) is 0. The van der Waals surface area contributed by atoms with Crippen LogP contribution >= 0.6 is 11.3 Å². The summed E-state index contributed by atoms with van der Waals surface area (Å²) in [6.07, 6.45) is 0.327. The van der Waals surface area contributed by atoms with Crippen LogP contribution < -0.4 is 0 Å². The van der Waals surface area contributed by atoms with Crippen molar-refractivity contribution in [1.29, 1.82) is 0 Å². The molecule has 4 heteroatoms. The number of hydrogen-bond donors (Lipinski definition) is 1. The van der Waals surface area contributed by atoms with Crippen molar-refractivity contribution in [3.05, 3.63) is 16.1 Å². The number of thiazole rings is 1. The quantitative estimate of drug-likeness (QED) is 0.876. The predicted molar refractivity (Wildman–Crippen MR) is 69.1 cm³/mol. The van der Waals surface area contributed by atoms with Gasteiger partial charge in [-0.3, -0.25) is 0 Å². The molecule has 1 unspecified atom stereocenters. The van der Waals surface area contributed by atoms with Crippen molar-refractivity contribution in [3.63, 3.8) is 0 Å². The van der Waals surface area contributed by atoms with Crippen molar-refractivity contribution in [2.45, 2.75) is 38.7 Å². The molecule has 0 bridgehead atoms. The Kier molecular flexibility index (Phi) is 4.47. The zero-order valence-electron chi connectivity index (χ0n) is 10.8. The van der Waals surface area contributed by atoms with Crippen LogP contribution in [0.1, 0.15) is 31.5 Å². The summed E-state index contributed by atoms with van der Waals surface area (Å²) < 4.78 is 0. The van der Waals surface area contributed by atoms with Crippen molar-refractivity contribution >= 4 is 11.3 Å². The van der Waals surface area contributed by atoms with E-state index in [1.165, 1.54) is 0 Å². The monoisotopic (exact) mass is 242 g/mol. The second-order valence-corrected chi connectivity index (χ2v) is 6.44. The number of aliphatic hydroxyl groups excluding tert-OH is 1. The molecule has 0 aromatic carbocycles. The fraction of sp³-hybridized carbons (Fsp3) is 0.750. The molecule has 1 aromatic heterocycles. The first-order valence-electron chi connectivity index (χ1n) is 5.56. The summed E-state index contributed by atoms with van der Waals surface area (Å²) in [4.78, 5) is 6.56. The highest BCUT2D eigenvalue weighted by Crippen LogP contribution is 2.24. The lowest BCUT2D eigenvalue weighted by molar-refractivity contribution is 0.137. The molecule has 3 nitrogen and oxygen atoms in total. The number of aromatic nitrogens is 1. The molecule has 0 fully saturated rings. The summed E-state index contributed by atoms with van der Waals surface area (Å²) in [6.45, 7) is 7.15. The van der Waals surface area contributed by atoms with E-state index in [0.717, 1.165) is 10.7 Å². The smallest absolute Gasteiger partial charge is 0.0954 e. The zero-order valence-corrected chi connectivity index (χ0v) is 11.6. The summed E-state index contributed by atoms with van der Waals surface area (Å²) in [5.41, 5.74) is 1.21. The first kappa shape index (κ1) is 13.6. The van der Waals surface area contributed by atoms with E-state index in [2.05, 4.69) is 31.1 Å². The highest BCUT2D eigenvalue weighted by atomic mass is 32.1. The van der Waals surface area contributed by atoms with E-state index in [0.29, 0.717) is 13.0 Å². The second kappa shape index (κ2) is 5.25. The van der Waals surface area contributed by atoms with Crippen molar-refractivity contribution in [2.75, 3.05) is 20.6 Å². The van der Waals surface area contributed by atoms with Crippen molar-refractivity contribution in [3.8, 4) is 0 Å². The van der Waals surface area contributed by atoms with Gasteiger partial charge in [-0.2, -0.15) is 0 Å². The predicted octanol–water partition coefficient (Wildman–Crippen LogP) is 1.91. The van der Waals surface area contributed by atoms with Crippen molar-refractivity contribution < 1.29 is 5.11 Å². The molecule has 0 saturated heterocycles. The molecular formula is C12H22N2OS. The Balaban J connectivity index is 2.59. The van der Waals surface area contributed by atoms with E-state index in [9.17, 15) is 5.11 Å². The number of aliphatic hydroxyl groups is 1. The van der Waals surface area contributed by atoms with Gasteiger partial charge < -0.3 is 10.0 Å². The summed E-state index contributed by atoms with van der Waals surface area (Å²) in [7, 11) is 3.93. The Morgan fingerprint density at radius 3 is 2.50 bits per heavy atom. The molecule has 1 atom stereocenters. The van der Waals surface area contributed by atoms with Gasteiger partial charge in [0, 0.05) is 23.8 Å². The Morgan fingerprint density at radius 1 is 1.44 bits per heavy atom. The molecule has 1 N–H and O–H groups in total. The number of likely N-dealkylation sites (N-methyl/N-ethyl adjacent to an activating group) is 1. The molecule has 1 aromatic rings. The number of rotatable bonds is 4. The number of hydrogen-bond acceptors (Lipinski definition) is 4. The van der Waals surface area contributed by atoms with Gasteiger partial charge in [0.1, 0.15) is 0 Å². The van der Waals surface area contributed by atoms with Crippen LogP contribution in [0.25, 0.3) is 0 Å². The van der Waals surface area contributed by atoms with Crippen LogP contribution in [-0.4, -0.2) is 41.7 Å². The highest BCUT2D eigenvalue weighted by molar-refractivity contribution is 7.09. The fourth-order valence-corrected chi connectivity index (χ4v) is 2.53. The van der Waals surface area contributed by atoms with Crippen LogP contribution in [0, 0.1) is 0 Å². The third kappa shape index (κ3) is 4.20. The molecule has 0 saturated carbocycles. The first-order valence-corrected chi connectivity index (χ1v) is 6.44. The van der Waals surface area contributed by atoms with E-state index < -0.39 is 0 Å². The van der Waals surface area contributed by atoms with E-state index in [1.54, 1.807) is 11.3 Å². The van der Waals surface area contributed by atoms with Crippen LogP contribution in [0.3, 0.4) is 0 Å². The molecule has 0 aliphatic rings. The summed E-state index contributed by atoms with van der Waals surface area (Å²) in [5.74, 6) is 0. The van der Waals surface area contributed by atoms with Gasteiger partial charge >= 0.3 is 0 Å². The van der Waals surface area contributed by atoms with E-state index in [4.69, 9.17) is 0 Å². The molecule has 16 heavy (non-hydrogen) atoms. The average Bonchev–Trinajstić information content (AvgIpc) is 2.49.